The maximum absolute atomic E-state index is 13.2. The Kier molecular flexibility index (Phi) is 7.43. The second kappa shape index (κ2) is 10.1. The Balaban J connectivity index is 1.88. The maximum atomic E-state index is 13.2. The van der Waals surface area contributed by atoms with E-state index in [-0.39, 0.29) is 21.4 Å². The second-order valence-corrected chi connectivity index (χ2v) is 11.3. The Morgan fingerprint density at radius 1 is 1.16 bits per heavy atom. The first-order valence-electron chi connectivity index (χ1n) is 9.29. The van der Waals surface area contributed by atoms with Crippen LogP contribution in [0, 0.1) is 10.1 Å². The lowest BCUT2D eigenvalue weighted by Gasteiger charge is -2.23. The van der Waals surface area contributed by atoms with Crippen LogP contribution in [0.5, 0.6) is 0 Å². The molecule has 0 saturated heterocycles. The molecule has 0 aliphatic rings. The largest absolute Gasteiger partial charge is 0.299 e. The van der Waals surface area contributed by atoms with E-state index in [9.17, 15) is 23.3 Å². The molecule has 0 aliphatic carbocycles. The SMILES string of the molecule is CC(C)Sc1nnc(NC(=O)CN(c2ccc([N+](=O)[O-])cc2)S(=O)(=O)c2ccccc2)s1. The molecule has 0 fully saturated rings. The number of aromatic nitrogens is 2. The van der Waals surface area contributed by atoms with Crippen molar-refractivity contribution >= 4 is 55.5 Å². The smallest absolute Gasteiger partial charge is 0.269 e. The summed E-state index contributed by atoms with van der Waals surface area (Å²) < 4.78 is 28.1. The van der Waals surface area contributed by atoms with Crippen molar-refractivity contribution in [3.8, 4) is 0 Å². The van der Waals surface area contributed by atoms with Gasteiger partial charge in [-0.2, -0.15) is 0 Å². The Bertz CT molecular complexity index is 1200. The van der Waals surface area contributed by atoms with Crippen molar-refractivity contribution in [2.75, 3.05) is 16.2 Å². The molecule has 3 rings (SSSR count). The number of thioether (sulfide) groups is 1. The number of nitrogens with one attached hydrogen (secondary N) is 1. The van der Waals surface area contributed by atoms with Gasteiger partial charge in [-0.15, -0.1) is 10.2 Å². The minimum absolute atomic E-state index is 0.0160. The number of nitrogens with zero attached hydrogens (tertiary/aromatic N) is 4. The summed E-state index contributed by atoms with van der Waals surface area (Å²) in [4.78, 5) is 23.0. The number of rotatable bonds is 9. The van der Waals surface area contributed by atoms with E-state index in [4.69, 9.17) is 0 Å². The van der Waals surface area contributed by atoms with Gasteiger partial charge in [-0.05, 0) is 24.3 Å². The predicted octanol–water partition coefficient (Wildman–Crippen LogP) is 3.78. The average molecular weight is 494 g/mol. The van der Waals surface area contributed by atoms with Gasteiger partial charge < -0.3 is 0 Å². The summed E-state index contributed by atoms with van der Waals surface area (Å²) in [6.07, 6.45) is 0. The van der Waals surface area contributed by atoms with E-state index in [0.717, 1.165) is 4.31 Å². The molecule has 1 heterocycles. The predicted molar refractivity (Wildman–Crippen MR) is 124 cm³/mol. The number of benzene rings is 2. The highest BCUT2D eigenvalue weighted by Gasteiger charge is 2.28. The van der Waals surface area contributed by atoms with Crippen LogP contribution >= 0.6 is 23.1 Å². The molecule has 0 aliphatic heterocycles. The fourth-order valence-corrected chi connectivity index (χ4v) is 6.01. The molecule has 13 heteroatoms. The molecule has 168 valence electrons. The summed E-state index contributed by atoms with van der Waals surface area (Å²) in [5, 5.41) is 22.0. The maximum Gasteiger partial charge on any atom is 0.269 e. The third-order valence-corrected chi connectivity index (χ3v) is 7.67. The van der Waals surface area contributed by atoms with E-state index in [2.05, 4.69) is 15.5 Å². The van der Waals surface area contributed by atoms with Crippen molar-refractivity contribution in [2.24, 2.45) is 0 Å². The Morgan fingerprint density at radius 2 is 1.81 bits per heavy atom. The molecule has 0 unspecified atom stereocenters. The van der Waals surface area contributed by atoms with Gasteiger partial charge in [0.05, 0.1) is 15.5 Å². The standard InChI is InChI=1S/C19H19N5O5S3/c1-13(2)30-19-22-21-18(31-19)20-17(25)12-23(14-8-10-15(11-9-14)24(26)27)32(28,29)16-6-4-3-5-7-16/h3-11,13H,12H2,1-2H3,(H,20,21,25). The topological polar surface area (TPSA) is 135 Å². The van der Waals surface area contributed by atoms with Crippen molar-refractivity contribution in [3.63, 3.8) is 0 Å². The first kappa shape index (κ1) is 23.6. The van der Waals surface area contributed by atoms with E-state index in [1.807, 2.05) is 13.8 Å². The highest BCUT2D eigenvalue weighted by molar-refractivity contribution is 8.01. The molecular weight excluding hydrogens is 474 g/mol. The third-order valence-electron chi connectivity index (χ3n) is 3.96. The van der Waals surface area contributed by atoms with Crippen LogP contribution in [0.15, 0.2) is 63.8 Å². The van der Waals surface area contributed by atoms with E-state index < -0.39 is 27.4 Å². The molecule has 0 bridgehead atoms. The fraction of sp³-hybridized carbons (Fsp3) is 0.211. The number of hydrogen-bond acceptors (Lipinski definition) is 9. The van der Waals surface area contributed by atoms with Crippen molar-refractivity contribution < 1.29 is 18.1 Å². The van der Waals surface area contributed by atoms with Gasteiger partial charge in [0, 0.05) is 17.4 Å². The van der Waals surface area contributed by atoms with Gasteiger partial charge in [0.15, 0.2) is 4.34 Å². The molecule has 1 N–H and O–H groups in total. The normalized spacial score (nSPS) is 11.3. The van der Waals surface area contributed by atoms with E-state index >= 15 is 0 Å². The molecule has 1 amide bonds. The monoisotopic (exact) mass is 493 g/mol. The van der Waals surface area contributed by atoms with Gasteiger partial charge in [0.1, 0.15) is 6.54 Å². The van der Waals surface area contributed by atoms with Gasteiger partial charge in [0.25, 0.3) is 15.7 Å². The number of non-ortho nitro benzene ring substituents is 1. The number of amides is 1. The van der Waals surface area contributed by atoms with E-state index in [0.29, 0.717) is 9.59 Å². The number of anilines is 2. The highest BCUT2D eigenvalue weighted by Crippen LogP contribution is 2.29. The second-order valence-electron chi connectivity index (χ2n) is 6.69. The van der Waals surface area contributed by atoms with Crippen molar-refractivity contribution in [1.82, 2.24) is 10.2 Å². The summed E-state index contributed by atoms with van der Waals surface area (Å²) in [6, 6.07) is 12.6. The number of carbonyl (C=O) groups excluding carboxylic acids is 1. The van der Waals surface area contributed by atoms with Gasteiger partial charge >= 0.3 is 0 Å². The molecule has 32 heavy (non-hydrogen) atoms. The number of sulfonamides is 1. The first-order chi connectivity index (χ1) is 15.2. The van der Waals surface area contributed by atoms with Crippen LogP contribution in [0.4, 0.5) is 16.5 Å². The van der Waals surface area contributed by atoms with Gasteiger partial charge in [-0.25, -0.2) is 8.42 Å². The molecule has 0 saturated carbocycles. The van der Waals surface area contributed by atoms with E-state index in [1.54, 1.807) is 18.2 Å². The van der Waals surface area contributed by atoms with Crippen molar-refractivity contribution in [2.45, 2.75) is 28.3 Å². The van der Waals surface area contributed by atoms with Crippen LogP contribution in [0.2, 0.25) is 0 Å². The Hall–Kier alpha value is -3.03. The summed E-state index contributed by atoms with van der Waals surface area (Å²) in [5.41, 5.74) is -0.0813. The third kappa shape index (κ3) is 5.81. The number of carbonyl (C=O) groups is 1. The quantitative estimate of drug-likeness (QED) is 0.206. The van der Waals surface area contributed by atoms with Crippen LogP contribution in [0.3, 0.4) is 0 Å². The Labute approximate surface area is 192 Å². The molecule has 0 radical (unpaired) electrons. The van der Waals surface area contributed by atoms with E-state index in [1.165, 1.54) is 59.5 Å². The lowest BCUT2D eigenvalue weighted by Crippen LogP contribution is -2.38. The highest BCUT2D eigenvalue weighted by atomic mass is 32.2. The molecule has 10 nitrogen and oxygen atoms in total. The molecule has 0 spiro atoms. The minimum atomic E-state index is -4.12. The zero-order valence-electron chi connectivity index (χ0n) is 17.0. The minimum Gasteiger partial charge on any atom is -0.299 e. The summed E-state index contributed by atoms with van der Waals surface area (Å²) in [5.74, 6) is -0.625. The van der Waals surface area contributed by atoms with Gasteiger partial charge in [-0.1, -0.05) is 55.1 Å². The lowest BCUT2D eigenvalue weighted by molar-refractivity contribution is -0.384. The zero-order chi connectivity index (χ0) is 23.3. The van der Waals surface area contributed by atoms with Crippen LogP contribution < -0.4 is 9.62 Å². The van der Waals surface area contributed by atoms with Crippen LogP contribution in [-0.4, -0.2) is 41.2 Å². The molecule has 3 aromatic rings. The average Bonchev–Trinajstić information content (AvgIpc) is 3.18. The summed E-state index contributed by atoms with van der Waals surface area (Å²) in [7, 11) is -4.12. The first-order valence-corrected chi connectivity index (χ1v) is 12.4. The van der Waals surface area contributed by atoms with Crippen LogP contribution in [0.25, 0.3) is 0 Å². The fourth-order valence-electron chi connectivity index (χ4n) is 2.57. The molecular formula is C19H19N5O5S3. The van der Waals surface area contributed by atoms with Gasteiger partial charge in [-0.3, -0.25) is 24.5 Å². The van der Waals surface area contributed by atoms with Gasteiger partial charge in [0.2, 0.25) is 11.0 Å². The molecule has 2 aromatic carbocycles. The van der Waals surface area contributed by atoms with Crippen LogP contribution in [-0.2, 0) is 14.8 Å². The summed E-state index contributed by atoms with van der Waals surface area (Å²) in [6.45, 7) is 3.45. The number of hydrogen-bond donors (Lipinski definition) is 1. The Morgan fingerprint density at radius 3 is 2.41 bits per heavy atom. The summed E-state index contributed by atoms with van der Waals surface area (Å²) >= 11 is 2.68. The zero-order valence-corrected chi connectivity index (χ0v) is 19.5. The van der Waals surface area contributed by atoms with Crippen molar-refractivity contribution in [3.05, 3.63) is 64.7 Å². The number of nitro groups is 1. The number of nitro benzene ring substituents is 1. The molecule has 1 aromatic heterocycles. The lowest BCUT2D eigenvalue weighted by atomic mass is 10.3. The molecule has 0 atom stereocenters. The van der Waals surface area contributed by atoms with Crippen LogP contribution in [0.1, 0.15) is 13.8 Å². The van der Waals surface area contributed by atoms with Crippen molar-refractivity contribution in [1.29, 1.82) is 0 Å².